The maximum absolute atomic E-state index is 12.5. The second-order valence-corrected chi connectivity index (χ2v) is 6.42. The monoisotopic (exact) mass is 388 g/mol. The van der Waals surface area contributed by atoms with Crippen LogP contribution in [0, 0.1) is 6.92 Å². The van der Waals surface area contributed by atoms with Gasteiger partial charge in [0.05, 0.1) is 40.7 Å². The summed E-state index contributed by atoms with van der Waals surface area (Å²) in [6.07, 6.45) is 0. The predicted molar refractivity (Wildman–Crippen MR) is 109 cm³/mol. The van der Waals surface area contributed by atoms with E-state index in [1.54, 1.807) is 46.6 Å². The minimum Gasteiger partial charge on any atom is -0.497 e. The van der Waals surface area contributed by atoms with Crippen LogP contribution in [0.3, 0.4) is 0 Å². The zero-order valence-corrected chi connectivity index (χ0v) is 17.3. The lowest BCUT2D eigenvalue weighted by Gasteiger charge is -2.20. The lowest BCUT2D eigenvalue weighted by molar-refractivity contribution is -0.117. The van der Waals surface area contributed by atoms with Crippen LogP contribution in [-0.4, -0.2) is 52.8 Å². The van der Waals surface area contributed by atoms with E-state index in [0.717, 1.165) is 11.1 Å². The summed E-state index contributed by atoms with van der Waals surface area (Å²) >= 11 is 0. The van der Waals surface area contributed by atoms with Gasteiger partial charge in [-0.25, -0.2) is 0 Å². The van der Waals surface area contributed by atoms with E-state index in [-0.39, 0.29) is 12.5 Å². The van der Waals surface area contributed by atoms with Crippen molar-refractivity contribution in [1.82, 2.24) is 4.90 Å². The molecule has 1 N–H and O–H groups in total. The quantitative estimate of drug-likeness (QED) is 0.712. The third-order valence-corrected chi connectivity index (χ3v) is 4.38. The second-order valence-electron chi connectivity index (χ2n) is 6.42. The Labute approximate surface area is 166 Å². The van der Waals surface area contributed by atoms with E-state index in [9.17, 15) is 4.79 Å². The van der Waals surface area contributed by atoms with E-state index in [0.29, 0.717) is 35.2 Å². The minimum absolute atomic E-state index is 0.135. The van der Waals surface area contributed by atoms with Crippen LogP contribution in [0.5, 0.6) is 23.0 Å². The number of carbonyl (C=O) groups excluding carboxylic acids is 1. The Bertz CT molecular complexity index is 823. The van der Waals surface area contributed by atoms with Gasteiger partial charge in [-0.05, 0) is 49.4 Å². The molecular formula is C21H28N2O5. The molecule has 0 heterocycles. The third-order valence-electron chi connectivity index (χ3n) is 4.38. The first kappa shape index (κ1) is 21.4. The van der Waals surface area contributed by atoms with Crippen molar-refractivity contribution in [2.45, 2.75) is 13.5 Å². The molecule has 0 aliphatic heterocycles. The molecule has 2 rings (SSSR count). The van der Waals surface area contributed by atoms with Crippen LogP contribution in [0.25, 0.3) is 0 Å². The van der Waals surface area contributed by atoms with Crippen LogP contribution >= 0.6 is 0 Å². The van der Waals surface area contributed by atoms with Crippen molar-refractivity contribution < 1.29 is 23.7 Å². The number of likely N-dealkylation sites (N-methyl/N-ethyl adjacent to an activating group) is 1. The van der Waals surface area contributed by atoms with Crippen LogP contribution in [-0.2, 0) is 11.3 Å². The number of carbonyl (C=O) groups is 1. The standard InChI is InChI=1S/C21H28N2O5/c1-14-9-19(27-5)20(28-6)10-15(14)12-23(2)13-21(24)22-17-8-7-16(25-3)11-18(17)26-4/h7-11H,12-13H2,1-6H3,(H,22,24). The molecule has 0 spiro atoms. The Morgan fingerprint density at radius 1 is 0.929 bits per heavy atom. The van der Waals surface area contributed by atoms with Gasteiger partial charge in [-0.15, -0.1) is 0 Å². The maximum Gasteiger partial charge on any atom is 0.238 e. The molecule has 0 unspecified atom stereocenters. The van der Waals surface area contributed by atoms with Gasteiger partial charge >= 0.3 is 0 Å². The molecule has 0 aliphatic carbocycles. The fourth-order valence-corrected chi connectivity index (χ4v) is 2.88. The van der Waals surface area contributed by atoms with E-state index < -0.39 is 0 Å². The maximum atomic E-state index is 12.5. The molecule has 152 valence electrons. The summed E-state index contributed by atoms with van der Waals surface area (Å²) in [5.41, 5.74) is 2.74. The number of aryl methyl sites for hydroxylation is 1. The van der Waals surface area contributed by atoms with Crippen LogP contribution in [0.4, 0.5) is 5.69 Å². The highest BCUT2D eigenvalue weighted by atomic mass is 16.5. The first-order valence-electron chi connectivity index (χ1n) is 8.83. The summed E-state index contributed by atoms with van der Waals surface area (Å²) in [6, 6.07) is 9.13. The summed E-state index contributed by atoms with van der Waals surface area (Å²) in [4.78, 5) is 14.4. The molecule has 7 heteroatoms. The van der Waals surface area contributed by atoms with Gasteiger partial charge < -0.3 is 24.3 Å². The molecule has 28 heavy (non-hydrogen) atoms. The van der Waals surface area contributed by atoms with Crippen molar-refractivity contribution in [3.05, 3.63) is 41.5 Å². The molecule has 1 amide bonds. The molecule has 0 radical (unpaired) electrons. The second kappa shape index (κ2) is 9.85. The van der Waals surface area contributed by atoms with E-state index in [2.05, 4.69) is 5.32 Å². The normalized spacial score (nSPS) is 10.5. The fourth-order valence-electron chi connectivity index (χ4n) is 2.88. The number of ether oxygens (including phenoxy) is 4. The highest BCUT2D eigenvalue weighted by Crippen LogP contribution is 2.31. The third kappa shape index (κ3) is 5.29. The summed E-state index contributed by atoms with van der Waals surface area (Å²) in [5.74, 6) is 2.44. The number of benzene rings is 2. The zero-order valence-electron chi connectivity index (χ0n) is 17.3. The summed E-state index contributed by atoms with van der Waals surface area (Å²) < 4.78 is 21.2. The lowest BCUT2D eigenvalue weighted by Crippen LogP contribution is -2.30. The lowest BCUT2D eigenvalue weighted by atomic mass is 10.1. The molecule has 0 saturated heterocycles. The van der Waals surface area contributed by atoms with E-state index >= 15 is 0 Å². The number of rotatable bonds is 9. The fraction of sp³-hybridized carbons (Fsp3) is 0.381. The highest BCUT2D eigenvalue weighted by molar-refractivity contribution is 5.93. The van der Waals surface area contributed by atoms with Crippen molar-refractivity contribution in [3.63, 3.8) is 0 Å². The number of nitrogens with one attached hydrogen (secondary N) is 1. The van der Waals surface area contributed by atoms with Crippen LogP contribution in [0.2, 0.25) is 0 Å². The predicted octanol–water partition coefficient (Wildman–Crippen LogP) is 3.10. The molecule has 0 aliphatic rings. The Kier molecular flexibility index (Phi) is 7.52. The van der Waals surface area contributed by atoms with Gasteiger partial charge in [-0.3, -0.25) is 9.69 Å². The number of anilines is 1. The number of methoxy groups -OCH3 is 4. The topological polar surface area (TPSA) is 69.3 Å². The van der Waals surface area contributed by atoms with Crippen molar-refractivity contribution >= 4 is 11.6 Å². The van der Waals surface area contributed by atoms with Gasteiger partial charge in [0.25, 0.3) is 0 Å². The summed E-state index contributed by atoms with van der Waals surface area (Å²) in [5, 5.41) is 2.88. The van der Waals surface area contributed by atoms with Gasteiger partial charge in [-0.1, -0.05) is 0 Å². The van der Waals surface area contributed by atoms with E-state index in [1.165, 1.54) is 0 Å². The Morgan fingerprint density at radius 3 is 2.18 bits per heavy atom. The van der Waals surface area contributed by atoms with Gasteiger partial charge in [-0.2, -0.15) is 0 Å². The average molecular weight is 388 g/mol. The van der Waals surface area contributed by atoms with Gasteiger partial charge in [0.1, 0.15) is 11.5 Å². The Balaban J connectivity index is 2.03. The average Bonchev–Trinajstić information content (AvgIpc) is 2.69. The zero-order chi connectivity index (χ0) is 20.7. The van der Waals surface area contributed by atoms with Crippen molar-refractivity contribution in [2.75, 3.05) is 47.3 Å². The van der Waals surface area contributed by atoms with Crippen LogP contribution in [0.1, 0.15) is 11.1 Å². The van der Waals surface area contributed by atoms with E-state index in [4.69, 9.17) is 18.9 Å². The number of amides is 1. The summed E-state index contributed by atoms with van der Waals surface area (Å²) in [7, 11) is 8.24. The SMILES string of the molecule is COc1ccc(NC(=O)CN(C)Cc2cc(OC)c(OC)cc2C)c(OC)c1. The highest BCUT2D eigenvalue weighted by Gasteiger charge is 2.14. The molecular weight excluding hydrogens is 360 g/mol. The molecule has 7 nitrogen and oxygen atoms in total. The molecule has 2 aromatic carbocycles. The van der Waals surface area contributed by atoms with Gasteiger partial charge in [0.2, 0.25) is 5.91 Å². The molecule has 0 bridgehead atoms. The van der Waals surface area contributed by atoms with Crippen LogP contribution in [0.15, 0.2) is 30.3 Å². The molecule has 0 atom stereocenters. The van der Waals surface area contributed by atoms with Crippen molar-refractivity contribution in [1.29, 1.82) is 0 Å². The molecule has 2 aromatic rings. The molecule has 0 saturated carbocycles. The van der Waals surface area contributed by atoms with Gasteiger partial charge in [0, 0.05) is 12.6 Å². The smallest absolute Gasteiger partial charge is 0.238 e. The van der Waals surface area contributed by atoms with Crippen molar-refractivity contribution in [3.8, 4) is 23.0 Å². The van der Waals surface area contributed by atoms with Gasteiger partial charge in [0.15, 0.2) is 11.5 Å². The number of hydrogen-bond donors (Lipinski definition) is 1. The first-order chi connectivity index (χ1) is 13.4. The Hall–Kier alpha value is -2.93. The molecule has 0 fully saturated rings. The minimum atomic E-state index is -0.135. The summed E-state index contributed by atoms with van der Waals surface area (Å²) in [6.45, 7) is 2.83. The van der Waals surface area contributed by atoms with Crippen LogP contribution < -0.4 is 24.3 Å². The number of hydrogen-bond acceptors (Lipinski definition) is 6. The Morgan fingerprint density at radius 2 is 1.57 bits per heavy atom. The number of nitrogens with zero attached hydrogens (tertiary/aromatic N) is 1. The first-order valence-corrected chi connectivity index (χ1v) is 8.83. The van der Waals surface area contributed by atoms with E-state index in [1.807, 2.05) is 31.0 Å². The molecule has 0 aromatic heterocycles. The largest absolute Gasteiger partial charge is 0.497 e. The van der Waals surface area contributed by atoms with Crippen molar-refractivity contribution in [2.24, 2.45) is 0 Å².